The predicted octanol–water partition coefficient (Wildman–Crippen LogP) is 3.64. The van der Waals surface area contributed by atoms with E-state index in [0.717, 1.165) is 16.2 Å². The lowest BCUT2D eigenvalue weighted by molar-refractivity contribution is -0.384. The number of methoxy groups -OCH3 is 2. The Balaban J connectivity index is 1.44. The zero-order valence-corrected chi connectivity index (χ0v) is 21.5. The molecule has 1 N–H and O–H groups in total. The van der Waals surface area contributed by atoms with E-state index in [2.05, 4.69) is 5.32 Å². The summed E-state index contributed by atoms with van der Waals surface area (Å²) in [6.45, 7) is 0. The highest BCUT2D eigenvalue weighted by Crippen LogP contribution is 2.49. The summed E-state index contributed by atoms with van der Waals surface area (Å²) in [6, 6.07) is 16.2. The number of nitro benzene ring substituents is 1. The van der Waals surface area contributed by atoms with E-state index >= 15 is 0 Å². The Morgan fingerprint density at radius 3 is 2.48 bits per heavy atom. The molecule has 3 aliphatic heterocycles. The van der Waals surface area contributed by atoms with E-state index in [4.69, 9.17) is 9.47 Å². The number of hydrogen-bond donors (Lipinski definition) is 1. The molecular weight excluding hydrogens is 516 g/mol. The Morgan fingerprint density at radius 2 is 1.73 bits per heavy atom. The molecule has 11 heteroatoms. The third-order valence-electron chi connectivity index (χ3n) is 7.65. The van der Waals surface area contributed by atoms with Crippen LogP contribution in [0, 0.1) is 22.0 Å². The first-order valence-corrected chi connectivity index (χ1v) is 12.5. The standard InChI is InChI=1S/C29H24N4O7/c1-39-19-11-13-23(40-2)20(15-19)30-27(34)26-25-24(22-12-10-16-6-3-4-9-21(16)32(22)26)28(35)31(29(25)36)17-7-5-8-18(14-17)33(37)38/h3-15,22,24-26H,1-2H3,(H,30,34)/t22-,24-,25-,26+/m1/s1. The molecule has 0 aromatic heterocycles. The number of imide groups is 1. The second kappa shape index (κ2) is 9.53. The summed E-state index contributed by atoms with van der Waals surface area (Å²) >= 11 is 0. The molecule has 0 unspecified atom stereocenters. The minimum atomic E-state index is -1.06. The van der Waals surface area contributed by atoms with Gasteiger partial charge in [0, 0.05) is 23.9 Å². The van der Waals surface area contributed by atoms with E-state index in [1.165, 1.54) is 38.5 Å². The quantitative estimate of drug-likeness (QED) is 0.285. The van der Waals surface area contributed by atoms with Gasteiger partial charge in [-0.15, -0.1) is 0 Å². The van der Waals surface area contributed by atoms with Crippen molar-refractivity contribution in [2.24, 2.45) is 11.8 Å². The van der Waals surface area contributed by atoms with Gasteiger partial charge in [0.2, 0.25) is 17.7 Å². The largest absolute Gasteiger partial charge is 0.497 e. The van der Waals surface area contributed by atoms with Crippen molar-refractivity contribution in [2.75, 3.05) is 29.3 Å². The summed E-state index contributed by atoms with van der Waals surface area (Å²) in [7, 11) is 2.97. The molecule has 3 aromatic carbocycles. The first-order valence-electron chi connectivity index (χ1n) is 12.5. The van der Waals surface area contributed by atoms with Crippen LogP contribution in [0.5, 0.6) is 11.5 Å². The first-order chi connectivity index (χ1) is 19.3. The summed E-state index contributed by atoms with van der Waals surface area (Å²) in [5.74, 6) is -2.63. The molecule has 0 saturated carbocycles. The van der Waals surface area contributed by atoms with Crippen LogP contribution in [0.4, 0.5) is 22.7 Å². The summed E-state index contributed by atoms with van der Waals surface area (Å²) < 4.78 is 10.7. The highest BCUT2D eigenvalue weighted by molar-refractivity contribution is 6.25. The summed E-state index contributed by atoms with van der Waals surface area (Å²) in [5.41, 5.74) is 1.78. The molecule has 40 heavy (non-hydrogen) atoms. The van der Waals surface area contributed by atoms with Crippen LogP contribution in [0.25, 0.3) is 6.08 Å². The van der Waals surface area contributed by atoms with Crippen molar-refractivity contribution >= 4 is 46.5 Å². The van der Waals surface area contributed by atoms with Crippen LogP contribution in [-0.4, -0.2) is 48.9 Å². The van der Waals surface area contributed by atoms with Gasteiger partial charge in [0.1, 0.15) is 17.5 Å². The number of fused-ring (bicyclic) bond motifs is 5. The van der Waals surface area contributed by atoms with E-state index in [9.17, 15) is 24.5 Å². The summed E-state index contributed by atoms with van der Waals surface area (Å²) in [6.07, 6.45) is 3.72. The molecule has 0 bridgehead atoms. The molecule has 3 amide bonds. The molecule has 202 valence electrons. The number of non-ortho nitro benzene ring substituents is 1. The van der Waals surface area contributed by atoms with Crippen LogP contribution < -0.4 is 24.6 Å². The van der Waals surface area contributed by atoms with Gasteiger partial charge in [-0.3, -0.25) is 24.5 Å². The van der Waals surface area contributed by atoms with E-state index in [0.29, 0.717) is 17.2 Å². The Kier molecular flexibility index (Phi) is 5.98. The Hall–Kier alpha value is -5.19. The molecule has 0 spiro atoms. The maximum atomic E-state index is 14.1. The number of carbonyl (C=O) groups is 3. The van der Waals surface area contributed by atoms with Gasteiger partial charge in [-0.1, -0.05) is 36.4 Å². The van der Waals surface area contributed by atoms with Crippen molar-refractivity contribution in [3.05, 3.63) is 88.5 Å². The van der Waals surface area contributed by atoms with Gasteiger partial charge in [0.15, 0.2) is 0 Å². The van der Waals surface area contributed by atoms with Gasteiger partial charge in [-0.25, -0.2) is 4.90 Å². The van der Waals surface area contributed by atoms with Crippen molar-refractivity contribution in [3.63, 3.8) is 0 Å². The normalized spacial score (nSPS) is 22.4. The number of ether oxygens (including phenoxy) is 2. The zero-order chi connectivity index (χ0) is 28.1. The molecule has 0 aliphatic carbocycles. The Bertz CT molecular complexity index is 1600. The van der Waals surface area contributed by atoms with Crippen LogP contribution in [0.3, 0.4) is 0 Å². The lowest BCUT2D eigenvalue weighted by atomic mass is 9.88. The number of anilines is 3. The molecule has 3 aliphatic rings. The second-order valence-corrected chi connectivity index (χ2v) is 9.66. The van der Waals surface area contributed by atoms with Gasteiger partial charge in [-0.2, -0.15) is 0 Å². The van der Waals surface area contributed by atoms with Gasteiger partial charge in [0.25, 0.3) is 5.69 Å². The summed E-state index contributed by atoms with van der Waals surface area (Å²) in [4.78, 5) is 55.5. The molecule has 11 nitrogen and oxygen atoms in total. The van der Waals surface area contributed by atoms with Crippen LogP contribution in [0.15, 0.2) is 72.8 Å². The van der Waals surface area contributed by atoms with Crippen LogP contribution in [-0.2, 0) is 14.4 Å². The van der Waals surface area contributed by atoms with E-state index in [1.807, 2.05) is 41.3 Å². The SMILES string of the molecule is COc1ccc(OC)c(NC(=O)[C@@H]2[C@@H]3C(=O)N(c4cccc([N+](=O)[O-])c4)C(=O)[C@@H]3[C@H]3C=Cc4ccccc4N32)c1. The summed E-state index contributed by atoms with van der Waals surface area (Å²) in [5, 5.41) is 14.3. The van der Waals surface area contributed by atoms with Crippen LogP contribution >= 0.6 is 0 Å². The van der Waals surface area contributed by atoms with Crippen molar-refractivity contribution in [1.29, 1.82) is 0 Å². The number of hydrogen-bond acceptors (Lipinski definition) is 8. The van der Waals surface area contributed by atoms with Crippen molar-refractivity contribution in [2.45, 2.75) is 12.1 Å². The Morgan fingerprint density at radius 1 is 0.950 bits per heavy atom. The van der Waals surface area contributed by atoms with Crippen LogP contribution in [0.2, 0.25) is 0 Å². The van der Waals surface area contributed by atoms with Crippen molar-refractivity contribution < 1.29 is 28.8 Å². The number of para-hydroxylation sites is 1. The second-order valence-electron chi connectivity index (χ2n) is 9.66. The number of rotatable bonds is 6. The van der Waals surface area contributed by atoms with E-state index in [-0.39, 0.29) is 11.4 Å². The van der Waals surface area contributed by atoms with E-state index < -0.39 is 46.6 Å². The number of nitro groups is 1. The van der Waals surface area contributed by atoms with Crippen LogP contribution in [0.1, 0.15) is 5.56 Å². The fourth-order valence-electron chi connectivity index (χ4n) is 5.93. The maximum Gasteiger partial charge on any atom is 0.271 e. The van der Waals surface area contributed by atoms with Gasteiger partial charge in [-0.05, 0) is 29.8 Å². The monoisotopic (exact) mass is 540 g/mol. The highest BCUT2D eigenvalue weighted by atomic mass is 16.6. The molecule has 0 radical (unpaired) electrons. The topological polar surface area (TPSA) is 131 Å². The van der Waals surface area contributed by atoms with Gasteiger partial charge in [0.05, 0.1) is 48.4 Å². The average Bonchev–Trinajstić information content (AvgIpc) is 3.45. The Labute approximate surface area is 228 Å². The average molecular weight is 541 g/mol. The first kappa shape index (κ1) is 25.1. The molecule has 4 atom stereocenters. The van der Waals surface area contributed by atoms with Gasteiger partial charge < -0.3 is 19.7 Å². The third-order valence-corrected chi connectivity index (χ3v) is 7.65. The molecule has 2 fully saturated rings. The zero-order valence-electron chi connectivity index (χ0n) is 21.5. The highest BCUT2D eigenvalue weighted by Gasteiger charge is 2.64. The maximum absolute atomic E-state index is 14.1. The molecular formula is C29H24N4O7. The molecule has 3 aromatic rings. The van der Waals surface area contributed by atoms with Gasteiger partial charge >= 0.3 is 0 Å². The van der Waals surface area contributed by atoms with Crippen molar-refractivity contribution in [1.82, 2.24) is 0 Å². The number of carbonyl (C=O) groups excluding carboxylic acids is 3. The molecule has 3 heterocycles. The minimum Gasteiger partial charge on any atom is -0.497 e. The lowest BCUT2D eigenvalue weighted by Crippen LogP contribution is -2.50. The number of nitrogens with zero attached hydrogens (tertiary/aromatic N) is 3. The molecule has 6 rings (SSSR count). The minimum absolute atomic E-state index is 0.0963. The lowest BCUT2D eigenvalue weighted by Gasteiger charge is -2.36. The fourth-order valence-corrected chi connectivity index (χ4v) is 5.93. The predicted molar refractivity (Wildman–Crippen MR) is 146 cm³/mol. The molecule has 2 saturated heterocycles. The number of benzene rings is 3. The third kappa shape index (κ3) is 3.77. The number of nitrogens with one attached hydrogen (secondary N) is 1. The fraction of sp³-hybridized carbons (Fsp3) is 0.207. The number of amides is 3. The van der Waals surface area contributed by atoms with Crippen molar-refractivity contribution in [3.8, 4) is 11.5 Å². The van der Waals surface area contributed by atoms with E-state index in [1.54, 1.807) is 18.2 Å². The smallest absolute Gasteiger partial charge is 0.271 e.